The molecule has 10 N–H and O–H groups in total. The second-order valence-electron chi connectivity index (χ2n) is 25.0. The van der Waals surface area contributed by atoms with Gasteiger partial charge in [-0.05, 0) is 230 Å². The first kappa shape index (κ1) is 89.7. The number of rotatable bonds is 30. The number of thiocarbonyl (C=S) groups is 4. The summed E-state index contributed by atoms with van der Waals surface area (Å²) in [6.07, 6.45) is 8.02. The molecule has 0 atom stereocenters. The Morgan fingerprint density at radius 3 is 1.03 bits per heavy atom. The highest BCUT2D eigenvalue weighted by atomic mass is 79.9. The van der Waals surface area contributed by atoms with Crippen LogP contribution >= 0.6 is 113 Å². The van der Waals surface area contributed by atoms with E-state index in [0.717, 1.165) is 82.5 Å². The van der Waals surface area contributed by atoms with Gasteiger partial charge in [-0.3, -0.25) is 9.59 Å². The zero-order chi connectivity index (χ0) is 84.8. The molecule has 10 aromatic rings. The van der Waals surface area contributed by atoms with Crippen molar-refractivity contribution in [2.45, 2.75) is 45.3 Å². The van der Waals surface area contributed by atoms with E-state index in [4.69, 9.17) is 53.6 Å². The van der Waals surface area contributed by atoms with E-state index in [1.54, 1.807) is 36.4 Å². The number of hydrogen-bond acceptors (Lipinski definition) is 25. The molecule has 0 unspecified atom stereocenters. The van der Waals surface area contributed by atoms with E-state index in [1.807, 2.05) is 48.5 Å². The van der Waals surface area contributed by atoms with Gasteiger partial charge in [-0.25, -0.2) is 44.5 Å². The molecule has 10 aromatic carbocycles. The molecule has 0 aliphatic rings. The van der Waals surface area contributed by atoms with E-state index in [1.165, 1.54) is 70.5 Å². The largest absolute Gasteiger partial charge is 0.744 e. The molecule has 117 heavy (non-hydrogen) atoms. The lowest BCUT2D eigenvalue weighted by molar-refractivity contribution is -0.120. The molecule has 0 aliphatic heterocycles. The number of hydrazone groups is 2. The van der Waals surface area contributed by atoms with Gasteiger partial charge in [0.25, 0.3) is 11.8 Å². The van der Waals surface area contributed by atoms with Crippen molar-refractivity contribution < 1.29 is 86.6 Å². The third-order valence-electron chi connectivity index (χ3n) is 16.8. The zero-order valence-corrected chi connectivity index (χ0v) is 72.6. The highest BCUT2D eigenvalue weighted by molar-refractivity contribution is 9.11. The number of carbonyl (C=O) groups is 2. The molecular weight excluding hydrogens is 1930 g/mol. The minimum atomic E-state index is -5.27. The van der Waals surface area contributed by atoms with E-state index < -0.39 is 85.0 Å². The number of fused-ring (bicyclic) bond motifs is 2. The van der Waals surface area contributed by atoms with Crippen molar-refractivity contribution >= 4 is 277 Å². The molecule has 0 radical (unpaired) electrons. The van der Waals surface area contributed by atoms with Gasteiger partial charge in [0.15, 0.2) is 10.2 Å². The van der Waals surface area contributed by atoms with Crippen molar-refractivity contribution in [3.05, 3.63) is 221 Å². The Morgan fingerprint density at radius 1 is 0.402 bits per heavy atom. The van der Waals surface area contributed by atoms with Crippen LogP contribution in [0.15, 0.2) is 218 Å². The smallest absolute Gasteiger partial charge is 0.260 e. The van der Waals surface area contributed by atoms with Crippen LogP contribution in [0.3, 0.4) is 0 Å². The Morgan fingerprint density at radius 2 is 0.709 bits per heavy atom. The molecule has 608 valence electrons. The minimum absolute atomic E-state index is 0.0115. The van der Waals surface area contributed by atoms with E-state index >= 15 is 0 Å². The average Bonchev–Trinajstić information content (AvgIpc) is 0.785. The maximum Gasteiger partial charge on any atom is 0.260 e. The Kier molecular flexibility index (Phi) is 30.1. The number of nitrogens with zero attached hydrogens (tertiary/aromatic N) is 4. The number of carbonyl (C=O) groups excluding carboxylic acids is 2. The fourth-order valence-corrected chi connectivity index (χ4v) is 17.4. The lowest BCUT2D eigenvalue weighted by Crippen LogP contribution is -2.41. The first-order chi connectivity index (χ1) is 55.3. The predicted octanol–water partition coefficient (Wildman–Crippen LogP) is 14.3. The molecule has 2 amide bonds. The molecule has 0 saturated heterocycles. The molecule has 0 spiro atoms. The number of anilines is 6. The van der Waals surface area contributed by atoms with E-state index in [-0.39, 0.29) is 143 Å². The quantitative estimate of drug-likeness (QED) is 0.00499. The highest BCUT2D eigenvalue weighted by Crippen LogP contribution is 2.42. The van der Waals surface area contributed by atoms with Gasteiger partial charge in [-0.2, -0.15) is 10.2 Å². The second-order valence-corrected chi connectivity index (χ2v) is 35.5. The molecule has 0 bridgehead atoms. The number of benzene rings is 10. The first-order valence-corrected chi connectivity index (χ1v) is 44.2. The summed E-state index contributed by atoms with van der Waals surface area (Å²) in [7, 11) is -21.0. The number of aromatic hydroxyl groups is 4. The van der Waals surface area contributed by atoms with E-state index in [0.29, 0.717) is 24.2 Å². The van der Waals surface area contributed by atoms with Gasteiger partial charge in [0.1, 0.15) is 85.5 Å². The van der Waals surface area contributed by atoms with Gasteiger partial charge < -0.3 is 74.4 Å². The summed E-state index contributed by atoms with van der Waals surface area (Å²) in [5, 5.41) is 63.5. The molecule has 0 aromatic heterocycles. The molecule has 41 heteroatoms. The van der Waals surface area contributed by atoms with Gasteiger partial charge in [0, 0.05) is 71.3 Å². The van der Waals surface area contributed by atoms with Crippen LogP contribution in [0.2, 0.25) is 0 Å². The highest BCUT2D eigenvalue weighted by Gasteiger charge is 2.24. The maximum absolute atomic E-state index is 13.4. The third-order valence-corrected chi connectivity index (χ3v) is 24.4. The number of ether oxygens (including phenoxy) is 1. The molecule has 29 nitrogen and oxygen atoms in total. The molecular formula is C76H60Br4N10O19S8-4. The summed E-state index contributed by atoms with van der Waals surface area (Å²) in [4.78, 5) is 27.1. The summed E-state index contributed by atoms with van der Waals surface area (Å²) in [6.45, 7) is -0.544. The number of halogens is 4. The fraction of sp³-hybridized carbons (Fsp3) is 0.105. The summed E-state index contributed by atoms with van der Waals surface area (Å²) in [6, 6.07) is 42.5. The van der Waals surface area contributed by atoms with Crippen LogP contribution in [0.5, 0.6) is 23.0 Å². The van der Waals surface area contributed by atoms with Crippen LogP contribution in [0, 0.1) is 0 Å². The van der Waals surface area contributed by atoms with Crippen LogP contribution in [0.1, 0.15) is 59.1 Å². The lowest BCUT2D eigenvalue weighted by atomic mass is 10.1. The molecule has 10 rings (SSSR count). The number of nitrogens with one attached hydrogen (secondary N) is 6. The van der Waals surface area contributed by atoms with Crippen molar-refractivity contribution in [2.75, 3.05) is 57.4 Å². The summed E-state index contributed by atoms with van der Waals surface area (Å²) in [5.74, 6) is -2.65. The van der Waals surface area contributed by atoms with Crippen LogP contribution < -0.4 is 41.9 Å². The fourth-order valence-electron chi connectivity index (χ4n) is 11.2. The third kappa shape index (κ3) is 24.3. The Hall–Kier alpha value is -9.64. The number of amides is 2. The van der Waals surface area contributed by atoms with Crippen LogP contribution in [0.25, 0.3) is 45.8 Å². The van der Waals surface area contributed by atoms with Crippen LogP contribution in [0.4, 0.5) is 34.1 Å². The average molecular weight is 1990 g/mol. The van der Waals surface area contributed by atoms with E-state index in [9.17, 15) is 81.9 Å². The van der Waals surface area contributed by atoms with Crippen molar-refractivity contribution in [2.24, 2.45) is 10.2 Å². The Balaban J connectivity index is 0.710. The second kappa shape index (κ2) is 39.3. The molecule has 0 heterocycles. The normalized spacial score (nSPS) is 12.0. The number of phenols is 4. The number of phenolic OH excluding ortho intramolecular Hbond substituents is 4. The van der Waals surface area contributed by atoms with Crippen molar-refractivity contribution in [3.63, 3.8) is 0 Å². The summed E-state index contributed by atoms with van der Waals surface area (Å²) >= 11 is 35.0. The number of hydrogen-bond donors (Lipinski definition) is 10. The summed E-state index contributed by atoms with van der Waals surface area (Å²) in [5.41, 5.74) is 5.25. The standard InChI is InChI=1S/C76H64Br4N10O19S8/c77-59-33-51(71(93)69(79)73(59)95)39-81-87-65(91)41-89(57-27-21-43-7-1-3-9-49(43)31-57)75(112)85-55-25-19-47(63(37-55)116(103,104)105)15-13-45-17-23-53(35-61(45)114(97,98)99)83-67(110)11-5-29-109-30-6-12-68(111)84-54-24-18-46(62(36-54)115(100,101)102)14-16-48-20-26-56(38-64(48)117(106,107)108)86-76(113)90(58-28-22-44-8-2-4-10-50(44)32-58)42-66(92)88-82-40-52-34-60(78)74(96)70(80)72(52)94/h1-4,7-10,13-28,31-40,93-96H,5-6,11-12,29-30,41-42H2,(H,83,110)(H,84,111)(H,85,112)(H,86,113)(H,87,91)(H,88,92)(H,97,98,99)(H,100,101,102)(H,103,104,105)(H,106,107,108)/p-4/b15-13+,16-14+,81-39-,82-40-. The Bertz CT molecular complexity index is 5890. The summed E-state index contributed by atoms with van der Waals surface area (Å²) < 4.78 is 159. The van der Waals surface area contributed by atoms with Gasteiger partial charge >= 0.3 is 0 Å². The topological polar surface area (TPSA) is 456 Å². The van der Waals surface area contributed by atoms with Gasteiger partial charge in [-0.15, -0.1) is 0 Å². The van der Waals surface area contributed by atoms with Crippen molar-refractivity contribution in [1.29, 1.82) is 0 Å². The maximum atomic E-state index is 13.4. The van der Waals surface area contributed by atoms with Gasteiger partial charge in [0.2, 0.25) is 0 Å². The van der Waals surface area contributed by atoms with Crippen LogP contribution in [-0.2, 0) is 54.8 Å². The zero-order valence-electron chi connectivity index (χ0n) is 59.8. The Labute approximate surface area is 725 Å². The van der Waals surface area contributed by atoms with Gasteiger partial charge in [0.05, 0.1) is 50.9 Å². The van der Waals surface area contributed by atoms with Gasteiger partial charge in [-0.1, -0.05) is 134 Å². The predicted molar refractivity (Wildman–Crippen MR) is 474 cm³/mol. The molecule has 0 fully saturated rings. The minimum Gasteiger partial charge on any atom is -0.744 e. The lowest BCUT2D eigenvalue weighted by Gasteiger charge is -2.26. The SMILES string of the molecule is O=C(CN(C(=S)Nc1ccc(/C=C/c2ccc(NC(=S)CCCOCCCC(=S)Nc3ccc(/C=C/c4ccc(NC(=S)N(CC(=O)N/N=C\c5cc(Br)c(O)c(Br)c5O)c5ccc6ccccc6c5)cc4S(=O)(=O)[O-])c(S(=O)(=O)[O-])c3)cc2S(=O)(=O)[O-])c(S(=O)(=O)[O-])c1)c1ccc2ccccc2c1)N/N=C\c1cc(Br)c(O)c(Br)c1O. The molecule has 0 saturated carbocycles. The van der Waals surface area contributed by atoms with Crippen molar-refractivity contribution in [1.82, 2.24) is 10.9 Å². The molecule has 0 aliphatic carbocycles. The van der Waals surface area contributed by atoms with E-state index in [2.05, 4.69) is 106 Å². The van der Waals surface area contributed by atoms with Crippen molar-refractivity contribution in [3.8, 4) is 23.0 Å². The monoisotopic (exact) mass is 1990 g/mol. The first-order valence-electron chi connectivity index (χ1n) is 33.8. The van der Waals surface area contributed by atoms with Crippen LogP contribution in [-0.4, -0.2) is 143 Å².